The van der Waals surface area contributed by atoms with Gasteiger partial charge in [-0.1, -0.05) is 6.42 Å². The van der Waals surface area contributed by atoms with Gasteiger partial charge in [-0.05, 0) is 38.4 Å². The molecule has 5 heteroatoms. The maximum Gasteiger partial charge on any atom is 0.146 e. The van der Waals surface area contributed by atoms with Crippen molar-refractivity contribution in [3.63, 3.8) is 0 Å². The van der Waals surface area contributed by atoms with Crippen molar-refractivity contribution >= 4 is 0 Å². The summed E-state index contributed by atoms with van der Waals surface area (Å²) in [5, 5.41) is 7.71. The van der Waals surface area contributed by atoms with Crippen LogP contribution in [0.2, 0.25) is 0 Å². The van der Waals surface area contributed by atoms with Crippen LogP contribution in [0.25, 0.3) is 11.4 Å². The first-order chi connectivity index (χ1) is 9.24. The molecule has 2 aromatic heterocycles. The van der Waals surface area contributed by atoms with E-state index < -0.39 is 0 Å². The van der Waals surface area contributed by atoms with Crippen molar-refractivity contribution in [2.45, 2.75) is 32.2 Å². The van der Waals surface area contributed by atoms with Gasteiger partial charge in [-0.25, -0.2) is 9.97 Å². The Bertz CT molecular complexity index is 569. The van der Waals surface area contributed by atoms with Crippen molar-refractivity contribution in [2.24, 2.45) is 7.05 Å². The molecule has 0 aromatic carbocycles. The van der Waals surface area contributed by atoms with Crippen molar-refractivity contribution in [1.29, 1.82) is 0 Å². The number of aromatic nitrogens is 4. The molecule has 0 saturated carbocycles. The van der Waals surface area contributed by atoms with Gasteiger partial charge in [0.2, 0.25) is 0 Å². The van der Waals surface area contributed by atoms with Crippen LogP contribution < -0.4 is 5.32 Å². The molecule has 0 spiro atoms. The second kappa shape index (κ2) is 5.09. The summed E-state index contributed by atoms with van der Waals surface area (Å²) in [5.41, 5.74) is 2.99. The fourth-order valence-electron chi connectivity index (χ4n) is 2.58. The van der Waals surface area contributed by atoms with E-state index in [0.717, 1.165) is 35.9 Å². The first kappa shape index (κ1) is 12.3. The van der Waals surface area contributed by atoms with Crippen LogP contribution in [0.3, 0.4) is 0 Å². The van der Waals surface area contributed by atoms with Crippen LogP contribution in [0.4, 0.5) is 0 Å². The Hall–Kier alpha value is -1.75. The number of hydrogen-bond acceptors (Lipinski definition) is 4. The molecule has 1 N–H and O–H groups in total. The molecule has 3 heterocycles. The zero-order valence-electron chi connectivity index (χ0n) is 11.4. The Balaban J connectivity index is 1.98. The Labute approximate surface area is 113 Å². The summed E-state index contributed by atoms with van der Waals surface area (Å²) in [6, 6.07) is 4.30. The van der Waals surface area contributed by atoms with Crippen LogP contribution in [-0.2, 0) is 7.05 Å². The fourth-order valence-corrected chi connectivity index (χ4v) is 2.58. The van der Waals surface area contributed by atoms with Crippen LogP contribution >= 0.6 is 0 Å². The third kappa shape index (κ3) is 2.51. The van der Waals surface area contributed by atoms with E-state index in [9.17, 15) is 0 Å². The van der Waals surface area contributed by atoms with Gasteiger partial charge in [0, 0.05) is 18.9 Å². The molecule has 1 aliphatic rings. The van der Waals surface area contributed by atoms with Gasteiger partial charge < -0.3 is 5.32 Å². The number of piperidine rings is 1. The summed E-state index contributed by atoms with van der Waals surface area (Å²) >= 11 is 0. The maximum absolute atomic E-state index is 4.73. The Morgan fingerprint density at radius 1 is 1.32 bits per heavy atom. The smallest absolute Gasteiger partial charge is 0.146 e. The van der Waals surface area contributed by atoms with Crippen molar-refractivity contribution < 1.29 is 0 Å². The van der Waals surface area contributed by atoms with Crippen LogP contribution in [0.15, 0.2) is 18.3 Å². The van der Waals surface area contributed by atoms with Crippen molar-refractivity contribution in [3.8, 4) is 11.4 Å². The van der Waals surface area contributed by atoms with Gasteiger partial charge >= 0.3 is 0 Å². The lowest BCUT2D eigenvalue weighted by atomic mass is 10.0. The monoisotopic (exact) mass is 257 g/mol. The summed E-state index contributed by atoms with van der Waals surface area (Å²) in [4.78, 5) is 9.32. The topological polar surface area (TPSA) is 55.6 Å². The lowest BCUT2D eigenvalue weighted by Gasteiger charge is -2.22. The average Bonchev–Trinajstić information content (AvgIpc) is 2.85. The number of nitrogens with zero attached hydrogens (tertiary/aromatic N) is 4. The summed E-state index contributed by atoms with van der Waals surface area (Å²) in [6.45, 7) is 3.08. The maximum atomic E-state index is 4.73. The zero-order chi connectivity index (χ0) is 13.2. The molecule has 0 amide bonds. The summed E-state index contributed by atoms with van der Waals surface area (Å²) < 4.78 is 1.85. The van der Waals surface area contributed by atoms with E-state index in [-0.39, 0.29) is 0 Å². The first-order valence-electron chi connectivity index (χ1n) is 6.81. The summed E-state index contributed by atoms with van der Waals surface area (Å²) in [7, 11) is 1.94. The first-order valence-corrected chi connectivity index (χ1v) is 6.81. The predicted molar refractivity (Wildman–Crippen MR) is 73.6 cm³/mol. The molecule has 5 nitrogen and oxygen atoms in total. The second-order valence-corrected chi connectivity index (χ2v) is 5.10. The molecule has 2 aromatic rings. The summed E-state index contributed by atoms with van der Waals surface area (Å²) in [5.74, 6) is 0.913. The average molecular weight is 257 g/mol. The van der Waals surface area contributed by atoms with Crippen molar-refractivity contribution in [1.82, 2.24) is 25.1 Å². The van der Waals surface area contributed by atoms with E-state index >= 15 is 0 Å². The molecule has 19 heavy (non-hydrogen) atoms. The molecular formula is C14H19N5. The standard InChI is InChI=1S/C14H19N5/c1-10-9-12(13-6-8-16-19(13)2)18-14(17-10)11-5-3-4-7-15-11/h6,8-9,11,15H,3-5,7H2,1-2H3/t11-/m0/s1. The van der Waals surface area contributed by atoms with E-state index in [2.05, 4.69) is 15.4 Å². The number of aryl methyl sites for hydroxylation is 2. The van der Waals surface area contributed by atoms with Gasteiger partial charge in [-0.15, -0.1) is 0 Å². The van der Waals surface area contributed by atoms with Crippen molar-refractivity contribution in [3.05, 3.63) is 29.8 Å². The number of hydrogen-bond donors (Lipinski definition) is 1. The Morgan fingerprint density at radius 2 is 2.21 bits per heavy atom. The van der Waals surface area contributed by atoms with E-state index in [1.807, 2.05) is 30.8 Å². The normalized spacial score (nSPS) is 19.6. The highest BCUT2D eigenvalue weighted by Gasteiger charge is 2.19. The van der Waals surface area contributed by atoms with Crippen LogP contribution in [0.5, 0.6) is 0 Å². The molecule has 1 aliphatic heterocycles. The quantitative estimate of drug-likeness (QED) is 0.894. The lowest BCUT2D eigenvalue weighted by molar-refractivity contribution is 0.397. The lowest BCUT2D eigenvalue weighted by Crippen LogP contribution is -2.28. The van der Waals surface area contributed by atoms with Crippen molar-refractivity contribution in [2.75, 3.05) is 6.54 Å². The highest BCUT2D eigenvalue weighted by Crippen LogP contribution is 2.23. The molecule has 0 unspecified atom stereocenters. The third-order valence-corrected chi connectivity index (χ3v) is 3.58. The van der Waals surface area contributed by atoms with Crippen LogP contribution in [0.1, 0.15) is 36.8 Å². The Morgan fingerprint density at radius 3 is 2.89 bits per heavy atom. The van der Waals surface area contributed by atoms with E-state index in [4.69, 9.17) is 4.98 Å². The van der Waals surface area contributed by atoms with E-state index in [1.54, 1.807) is 6.20 Å². The number of rotatable bonds is 2. The fraction of sp³-hybridized carbons (Fsp3) is 0.500. The molecule has 0 radical (unpaired) electrons. The van der Waals surface area contributed by atoms with Gasteiger partial charge in [0.1, 0.15) is 5.82 Å². The molecule has 0 aliphatic carbocycles. The van der Waals surface area contributed by atoms with Crippen LogP contribution in [-0.4, -0.2) is 26.3 Å². The molecule has 0 bridgehead atoms. The minimum atomic E-state index is 0.292. The van der Waals surface area contributed by atoms with Gasteiger partial charge in [0.25, 0.3) is 0 Å². The largest absolute Gasteiger partial charge is 0.307 e. The van der Waals surface area contributed by atoms with E-state index in [1.165, 1.54) is 12.8 Å². The number of nitrogens with one attached hydrogen (secondary N) is 1. The highest BCUT2D eigenvalue weighted by atomic mass is 15.3. The minimum absolute atomic E-state index is 0.292. The SMILES string of the molecule is Cc1cc(-c2ccnn2C)nc([C@@H]2CCCCN2)n1. The highest BCUT2D eigenvalue weighted by molar-refractivity contribution is 5.54. The molecular weight excluding hydrogens is 238 g/mol. The molecule has 3 rings (SSSR count). The van der Waals surface area contributed by atoms with Gasteiger partial charge in [-0.3, -0.25) is 4.68 Å². The minimum Gasteiger partial charge on any atom is -0.307 e. The third-order valence-electron chi connectivity index (χ3n) is 3.58. The van der Waals surface area contributed by atoms with Gasteiger partial charge in [-0.2, -0.15) is 5.10 Å². The Kier molecular flexibility index (Phi) is 3.29. The zero-order valence-corrected chi connectivity index (χ0v) is 11.4. The molecule has 1 fully saturated rings. The molecule has 1 atom stereocenters. The van der Waals surface area contributed by atoms with Gasteiger partial charge in [0.15, 0.2) is 0 Å². The molecule has 100 valence electrons. The predicted octanol–water partition coefficient (Wildman–Crippen LogP) is 2.00. The van der Waals surface area contributed by atoms with Crippen LogP contribution in [0, 0.1) is 6.92 Å². The summed E-state index contributed by atoms with van der Waals surface area (Å²) in [6.07, 6.45) is 5.41. The second-order valence-electron chi connectivity index (χ2n) is 5.10. The van der Waals surface area contributed by atoms with E-state index in [0.29, 0.717) is 6.04 Å². The molecule has 1 saturated heterocycles. The van der Waals surface area contributed by atoms with Gasteiger partial charge in [0.05, 0.1) is 17.4 Å².